The third-order valence-corrected chi connectivity index (χ3v) is 3.26. The van der Waals surface area contributed by atoms with E-state index in [1.54, 1.807) is 13.0 Å². The van der Waals surface area contributed by atoms with Crippen LogP contribution in [0, 0.1) is 12.7 Å². The molecule has 5 nitrogen and oxygen atoms in total. The van der Waals surface area contributed by atoms with Crippen molar-refractivity contribution in [2.75, 3.05) is 36.0 Å². The van der Waals surface area contributed by atoms with Gasteiger partial charge in [0.15, 0.2) is 0 Å². The number of benzene rings is 1. The van der Waals surface area contributed by atoms with Gasteiger partial charge in [-0.05, 0) is 12.1 Å². The molecule has 0 bridgehead atoms. The first kappa shape index (κ1) is 12.0. The van der Waals surface area contributed by atoms with E-state index in [0.29, 0.717) is 17.6 Å². The highest BCUT2D eigenvalue weighted by molar-refractivity contribution is 5.49. The molecule has 0 N–H and O–H groups in total. The molecule has 100 valence electrons. The van der Waals surface area contributed by atoms with Crippen molar-refractivity contribution < 1.29 is 8.81 Å². The number of rotatable bonds is 2. The predicted molar refractivity (Wildman–Crippen MR) is 69.9 cm³/mol. The molecule has 0 atom stereocenters. The zero-order valence-corrected chi connectivity index (χ0v) is 10.7. The van der Waals surface area contributed by atoms with Gasteiger partial charge in [-0.3, -0.25) is 0 Å². The summed E-state index contributed by atoms with van der Waals surface area (Å²) in [5, 5.41) is 7.82. The molecule has 0 aliphatic carbocycles. The van der Waals surface area contributed by atoms with Crippen molar-refractivity contribution in [3.8, 4) is 0 Å². The normalized spacial score (nSPS) is 15.9. The topological polar surface area (TPSA) is 45.4 Å². The predicted octanol–water partition coefficient (Wildman–Crippen LogP) is 1.84. The molecule has 1 saturated heterocycles. The minimum absolute atomic E-state index is 0.176. The number of hydrogen-bond donors (Lipinski definition) is 0. The zero-order valence-electron chi connectivity index (χ0n) is 10.7. The van der Waals surface area contributed by atoms with Gasteiger partial charge < -0.3 is 14.2 Å². The van der Waals surface area contributed by atoms with Crippen LogP contribution in [-0.2, 0) is 0 Å². The van der Waals surface area contributed by atoms with Crippen molar-refractivity contribution in [1.82, 2.24) is 10.2 Å². The summed E-state index contributed by atoms with van der Waals surface area (Å²) in [5.74, 6) is 0.385. The maximum atomic E-state index is 13.7. The second-order valence-electron chi connectivity index (χ2n) is 4.53. The Bertz CT molecular complexity index is 563. The van der Waals surface area contributed by atoms with Gasteiger partial charge in [0.1, 0.15) is 5.82 Å². The minimum Gasteiger partial charge on any atom is -0.408 e. The minimum atomic E-state index is -0.176. The highest BCUT2D eigenvalue weighted by Gasteiger charge is 2.22. The van der Waals surface area contributed by atoms with Crippen molar-refractivity contribution in [3.63, 3.8) is 0 Å². The summed E-state index contributed by atoms with van der Waals surface area (Å²) in [7, 11) is 0. The lowest BCUT2D eigenvalue weighted by atomic mass is 10.2. The van der Waals surface area contributed by atoms with E-state index in [0.717, 1.165) is 26.2 Å². The van der Waals surface area contributed by atoms with Gasteiger partial charge in [-0.2, -0.15) is 0 Å². The highest BCUT2D eigenvalue weighted by atomic mass is 19.1. The van der Waals surface area contributed by atoms with Gasteiger partial charge in [0, 0.05) is 33.1 Å². The first-order chi connectivity index (χ1) is 9.24. The summed E-state index contributed by atoms with van der Waals surface area (Å²) in [4.78, 5) is 4.06. The fourth-order valence-corrected chi connectivity index (χ4v) is 2.26. The number of halogens is 1. The molecule has 1 aromatic heterocycles. The Morgan fingerprint density at radius 2 is 1.74 bits per heavy atom. The van der Waals surface area contributed by atoms with Gasteiger partial charge in [0.25, 0.3) is 0 Å². The van der Waals surface area contributed by atoms with Crippen molar-refractivity contribution in [2.45, 2.75) is 6.92 Å². The average Bonchev–Trinajstić information content (AvgIpc) is 2.86. The first-order valence-electron chi connectivity index (χ1n) is 6.28. The smallest absolute Gasteiger partial charge is 0.318 e. The molecule has 1 aliphatic rings. The Balaban J connectivity index is 1.68. The van der Waals surface area contributed by atoms with Gasteiger partial charge in [0.2, 0.25) is 5.89 Å². The van der Waals surface area contributed by atoms with E-state index in [9.17, 15) is 4.39 Å². The molecule has 1 aliphatic heterocycles. The summed E-state index contributed by atoms with van der Waals surface area (Å²) in [5.41, 5.74) is 0.656. The van der Waals surface area contributed by atoms with E-state index < -0.39 is 0 Å². The van der Waals surface area contributed by atoms with Gasteiger partial charge in [-0.15, -0.1) is 5.10 Å². The lowest BCUT2D eigenvalue weighted by molar-refractivity contribution is 0.490. The lowest BCUT2D eigenvalue weighted by Gasteiger charge is -2.35. The Morgan fingerprint density at radius 1 is 1.05 bits per heavy atom. The van der Waals surface area contributed by atoms with Gasteiger partial charge in [-0.25, -0.2) is 4.39 Å². The van der Waals surface area contributed by atoms with Crippen molar-refractivity contribution in [1.29, 1.82) is 0 Å². The summed E-state index contributed by atoms with van der Waals surface area (Å²) >= 11 is 0. The molecule has 0 amide bonds. The average molecular weight is 262 g/mol. The SMILES string of the molecule is Cc1nnc(N2CCN(c3ccccc3F)CC2)o1. The monoisotopic (exact) mass is 262 g/mol. The molecule has 2 aromatic rings. The van der Waals surface area contributed by atoms with Crippen LogP contribution < -0.4 is 9.80 Å². The largest absolute Gasteiger partial charge is 0.408 e. The number of para-hydroxylation sites is 1. The molecule has 3 rings (SSSR count). The quantitative estimate of drug-likeness (QED) is 0.826. The van der Waals surface area contributed by atoms with E-state index in [1.165, 1.54) is 6.07 Å². The van der Waals surface area contributed by atoms with Crippen LogP contribution in [0.1, 0.15) is 5.89 Å². The van der Waals surface area contributed by atoms with Crippen molar-refractivity contribution in [2.24, 2.45) is 0 Å². The third kappa shape index (κ3) is 2.38. The van der Waals surface area contributed by atoms with E-state index in [1.807, 2.05) is 21.9 Å². The summed E-state index contributed by atoms with van der Waals surface area (Å²) in [6, 6.07) is 7.40. The van der Waals surface area contributed by atoms with Crippen LogP contribution in [0.3, 0.4) is 0 Å². The Kier molecular flexibility index (Phi) is 3.06. The van der Waals surface area contributed by atoms with Gasteiger partial charge >= 0.3 is 6.01 Å². The van der Waals surface area contributed by atoms with Gasteiger partial charge in [-0.1, -0.05) is 17.2 Å². The molecular formula is C13H15FN4O. The molecule has 0 unspecified atom stereocenters. The van der Waals surface area contributed by atoms with E-state index in [2.05, 4.69) is 10.2 Å². The first-order valence-corrected chi connectivity index (χ1v) is 6.28. The van der Waals surface area contributed by atoms with Crippen LogP contribution in [0.2, 0.25) is 0 Å². The molecule has 2 heterocycles. The van der Waals surface area contributed by atoms with E-state index in [4.69, 9.17) is 4.42 Å². The number of aromatic nitrogens is 2. The fourth-order valence-electron chi connectivity index (χ4n) is 2.26. The molecule has 0 spiro atoms. The number of nitrogens with zero attached hydrogens (tertiary/aromatic N) is 4. The number of piperazine rings is 1. The maximum Gasteiger partial charge on any atom is 0.318 e. The van der Waals surface area contributed by atoms with Crippen molar-refractivity contribution in [3.05, 3.63) is 36.0 Å². The Hall–Kier alpha value is -2.11. The second-order valence-corrected chi connectivity index (χ2v) is 4.53. The summed E-state index contributed by atoms with van der Waals surface area (Å²) in [6.45, 7) is 4.74. The van der Waals surface area contributed by atoms with E-state index >= 15 is 0 Å². The van der Waals surface area contributed by atoms with Crippen molar-refractivity contribution >= 4 is 11.7 Å². The van der Waals surface area contributed by atoms with E-state index in [-0.39, 0.29) is 5.82 Å². The Labute approximate surface area is 110 Å². The molecule has 1 fully saturated rings. The number of anilines is 2. The zero-order chi connectivity index (χ0) is 13.2. The molecule has 0 radical (unpaired) electrons. The fraction of sp³-hybridized carbons (Fsp3) is 0.385. The lowest BCUT2D eigenvalue weighted by Crippen LogP contribution is -2.47. The summed E-state index contributed by atoms with van der Waals surface area (Å²) in [6.07, 6.45) is 0. The molecule has 0 saturated carbocycles. The Morgan fingerprint density at radius 3 is 2.37 bits per heavy atom. The molecule has 19 heavy (non-hydrogen) atoms. The van der Waals surface area contributed by atoms with Crippen LogP contribution >= 0.6 is 0 Å². The maximum absolute atomic E-state index is 13.7. The van der Waals surface area contributed by atoms with Crippen LogP contribution in [0.5, 0.6) is 0 Å². The number of aryl methyl sites for hydroxylation is 1. The van der Waals surface area contributed by atoms with Crippen LogP contribution in [0.25, 0.3) is 0 Å². The van der Waals surface area contributed by atoms with Gasteiger partial charge in [0.05, 0.1) is 5.69 Å². The summed E-state index contributed by atoms with van der Waals surface area (Å²) < 4.78 is 19.1. The molecular weight excluding hydrogens is 247 g/mol. The standard InChI is InChI=1S/C13H15FN4O/c1-10-15-16-13(19-10)18-8-6-17(7-9-18)12-5-3-2-4-11(12)14/h2-5H,6-9H2,1H3. The van der Waals surface area contributed by atoms with Crippen LogP contribution in [0.15, 0.2) is 28.7 Å². The van der Waals surface area contributed by atoms with Crippen LogP contribution in [-0.4, -0.2) is 36.4 Å². The van der Waals surface area contributed by atoms with Crippen LogP contribution in [0.4, 0.5) is 16.1 Å². The number of hydrogen-bond acceptors (Lipinski definition) is 5. The molecule has 1 aromatic carbocycles. The third-order valence-electron chi connectivity index (χ3n) is 3.26. The molecule has 6 heteroatoms. The second kappa shape index (κ2) is 4.87. The highest BCUT2D eigenvalue weighted by Crippen LogP contribution is 2.22.